The average molecular weight is 315 g/mol. The molecule has 0 atom stereocenters. The standard InChI is InChI=1S/C19H42OSi/c1-4-7-8-9-10-11-12-15-18-21(5-2,6-3)19-16-13-14-17-20/h20H,4-19H2,1-3H3. The molecule has 0 spiro atoms. The number of hydrogen-bond donors (Lipinski definition) is 1. The second kappa shape index (κ2) is 15.1. The zero-order valence-electron chi connectivity index (χ0n) is 15.3. The first-order chi connectivity index (χ1) is 10.2. The van der Waals surface area contributed by atoms with Crippen LogP contribution >= 0.6 is 0 Å². The third kappa shape index (κ3) is 11.4. The smallest absolute Gasteiger partial charge is 0.0530 e. The third-order valence-corrected chi connectivity index (χ3v) is 11.3. The van der Waals surface area contributed by atoms with Crippen LogP contribution in [0.15, 0.2) is 0 Å². The van der Waals surface area contributed by atoms with Crippen molar-refractivity contribution >= 4 is 8.07 Å². The topological polar surface area (TPSA) is 20.2 Å². The van der Waals surface area contributed by atoms with Gasteiger partial charge in [0, 0.05) is 6.61 Å². The van der Waals surface area contributed by atoms with Crippen LogP contribution in [0, 0.1) is 0 Å². The predicted molar refractivity (Wildman–Crippen MR) is 99.9 cm³/mol. The molecule has 21 heavy (non-hydrogen) atoms. The molecule has 0 aromatic heterocycles. The van der Waals surface area contributed by atoms with Gasteiger partial charge in [-0.25, -0.2) is 0 Å². The minimum absolute atomic E-state index is 0.380. The van der Waals surface area contributed by atoms with Crippen molar-refractivity contribution in [2.24, 2.45) is 0 Å². The zero-order chi connectivity index (χ0) is 15.8. The van der Waals surface area contributed by atoms with Gasteiger partial charge in [-0.15, -0.1) is 0 Å². The lowest BCUT2D eigenvalue weighted by atomic mass is 10.1. The summed E-state index contributed by atoms with van der Waals surface area (Å²) in [5.41, 5.74) is 0. The number of unbranched alkanes of at least 4 members (excludes halogenated alkanes) is 9. The normalized spacial score (nSPS) is 12.0. The Hall–Kier alpha value is 0.177. The first-order valence-electron chi connectivity index (χ1n) is 9.85. The molecule has 0 radical (unpaired) electrons. The van der Waals surface area contributed by atoms with Crippen LogP contribution in [0.25, 0.3) is 0 Å². The van der Waals surface area contributed by atoms with Crippen molar-refractivity contribution in [1.29, 1.82) is 0 Å². The first kappa shape index (κ1) is 21.2. The fourth-order valence-electron chi connectivity index (χ4n) is 3.50. The maximum Gasteiger partial charge on any atom is 0.0530 e. The largest absolute Gasteiger partial charge is 0.396 e. The Morgan fingerprint density at radius 3 is 1.43 bits per heavy atom. The van der Waals surface area contributed by atoms with Crippen LogP contribution in [0.3, 0.4) is 0 Å². The fraction of sp³-hybridized carbons (Fsp3) is 1.00. The van der Waals surface area contributed by atoms with Crippen LogP contribution in [0.5, 0.6) is 0 Å². The molecule has 0 saturated heterocycles. The lowest BCUT2D eigenvalue weighted by Gasteiger charge is -2.29. The summed E-state index contributed by atoms with van der Waals surface area (Å²) in [6.07, 6.45) is 15.2. The van der Waals surface area contributed by atoms with E-state index in [9.17, 15) is 0 Å². The molecule has 0 aromatic rings. The van der Waals surface area contributed by atoms with Gasteiger partial charge in [0.2, 0.25) is 0 Å². The van der Waals surface area contributed by atoms with Crippen LogP contribution in [0.1, 0.15) is 91.4 Å². The summed E-state index contributed by atoms with van der Waals surface area (Å²) >= 11 is 0. The molecular weight excluding hydrogens is 272 g/mol. The highest BCUT2D eigenvalue weighted by Gasteiger charge is 2.27. The Morgan fingerprint density at radius 2 is 1.00 bits per heavy atom. The molecule has 2 heteroatoms. The molecule has 0 heterocycles. The van der Waals surface area contributed by atoms with Crippen molar-refractivity contribution in [3.05, 3.63) is 0 Å². The van der Waals surface area contributed by atoms with E-state index in [1.165, 1.54) is 82.3 Å². The Kier molecular flexibility index (Phi) is 15.2. The molecule has 0 aromatic carbocycles. The molecular formula is C19H42OSi. The highest BCUT2D eigenvalue weighted by molar-refractivity contribution is 6.79. The van der Waals surface area contributed by atoms with Gasteiger partial charge in [-0.05, 0) is 6.42 Å². The van der Waals surface area contributed by atoms with Crippen molar-refractivity contribution in [3.8, 4) is 0 Å². The number of aliphatic hydroxyl groups is 1. The Labute approximate surface area is 135 Å². The summed E-state index contributed by atoms with van der Waals surface area (Å²) < 4.78 is 0. The molecule has 1 nitrogen and oxygen atoms in total. The zero-order valence-corrected chi connectivity index (χ0v) is 16.3. The Bertz CT molecular complexity index is 202. The summed E-state index contributed by atoms with van der Waals surface area (Å²) in [6, 6.07) is 6.02. The molecule has 0 unspecified atom stereocenters. The van der Waals surface area contributed by atoms with Crippen molar-refractivity contribution in [1.82, 2.24) is 0 Å². The maximum absolute atomic E-state index is 8.90. The van der Waals surface area contributed by atoms with Gasteiger partial charge in [-0.1, -0.05) is 109 Å². The van der Waals surface area contributed by atoms with E-state index >= 15 is 0 Å². The average Bonchev–Trinajstić information content (AvgIpc) is 2.52. The van der Waals surface area contributed by atoms with E-state index < -0.39 is 8.07 Å². The minimum Gasteiger partial charge on any atom is -0.396 e. The maximum atomic E-state index is 8.90. The molecule has 0 saturated carbocycles. The number of aliphatic hydroxyl groups excluding tert-OH is 1. The van der Waals surface area contributed by atoms with Gasteiger partial charge >= 0.3 is 0 Å². The van der Waals surface area contributed by atoms with E-state index in [4.69, 9.17) is 5.11 Å². The first-order valence-corrected chi connectivity index (χ1v) is 12.7. The minimum atomic E-state index is -0.956. The van der Waals surface area contributed by atoms with E-state index in [1.54, 1.807) is 6.04 Å². The fourth-order valence-corrected chi connectivity index (χ4v) is 7.67. The SMILES string of the molecule is CCCCCCCCCC[Si](CC)(CC)CCCCCO. The van der Waals surface area contributed by atoms with Crippen molar-refractivity contribution in [3.63, 3.8) is 0 Å². The van der Waals surface area contributed by atoms with Crippen molar-refractivity contribution in [2.75, 3.05) is 6.61 Å². The van der Waals surface area contributed by atoms with Gasteiger partial charge in [0.05, 0.1) is 8.07 Å². The van der Waals surface area contributed by atoms with Crippen LogP contribution < -0.4 is 0 Å². The van der Waals surface area contributed by atoms with Crippen LogP contribution in [0.2, 0.25) is 24.2 Å². The Balaban J connectivity index is 3.72. The van der Waals surface area contributed by atoms with E-state index in [1.807, 2.05) is 0 Å². The summed E-state index contributed by atoms with van der Waals surface area (Å²) in [7, 11) is -0.956. The van der Waals surface area contributed by atoms with Crippen molar-refractivity contribution in [2.45, 2.75) is 116 Å². The van der Waals surface area contributed by atoms with Crippen LogP contribution in [-0.4, -0.2) is 19.8 Å². The van der Waals surface area contributed by atoms with Crippen LogP contribution in [0.4, 0.5) is 0 Å². The summed E-state index contributed by atoms with van der Waals surface area (Å²) in [5.74, 6) is 0. The molecule has 1 N–H and O–H groups in total. The lowest BCUT2D eigenvalue weighted by Crippen LogP contribution is -2.31. The molecule has 0 rings (SSSR count). The molecule has 0 fully saturated rings. The highest BCUT2D eigenvalue weighted by Crippen LogP contribution is 2.30. The summed E-state index contributed by atoms with van der Waals surface area (Å²) in [4.78, 5) is 0. The monoisotopic (exact) mass is 314 g/mol. The van der Waals surface area contributed by atoms with E-state index in [0.29, 0.717) is 6.61 Å². The molecule has 0 bridgehead atoms. The summed E-state index contributed by atoms with van der Waals surface area (Å²) in [6.45, 7) is 7.55. The van der Waals surface area contributed by atoms with Crippen molar-refractivity contribution < 1.29 is 5.11 Å². The van der Waals surface area contributed by atoms with E-state index in [2.05, 4.69) is 20.8 Å². The molecule has 0 amide bonds. The van der Waals surface area contributed by atoms with E-state index in [0.717, 1.165) is 6.42 Å². The second-order valence-corrected chi connectivity index (χ2v) is 12.4. The van der Waals surface area contributed by atoms with Gasteiger partial charge in [0.15, 0.2) is 0 Å². The molecule has 0 aliphatic heterocycles. The van der Waals surface area contributed by atoms with E-state index in [-0.39, 0.29) is 0 Å². The van der Waals surface area contributed by atoms with Gasteiger partial charge in [-0.2, -0.15) is 0 Å². The quantitative estimate of drug-likeness (QED) is 0.246. The third-order valence-electron chi connectivity index (χ3n) is 5.43. The second-order valence-electron chi connectivity index (χ2n) is 6.97. The molecule has 0 aliphatic carbocycles. The van der Waals surface area contributed by atoms with Gasteiger partial charge < -0.3 is 5.11 Å². The summed E-state index contributed by atoms with van der Waals surface area (Å²) in [5, 5.41) is 8.90. The number of rotatable bonds is 16. The number of hydrogen-bond acceptors (Lipinski definition) is 1. The van der Waals surface area contributed by atoms with Gasteiger partial charge in [-0.3, -0.25) is 0 Å². The predicted octanol–water partition coefficient (Wildman–Crippen LogP) is 6.78. The highest BCUT2D eigenvalue weighted by atomic mass is 28.3. The molecule has 128 valence electrons. The van der Waals surface area contributed by atoms with Gasteiger partial charge in [0.1, 0.15) is 0 Å². The van der Waals surface area contributed by atoms with Crippen LogP contribution in [-0.2, 0) is 0 Å². The van der Waals surface area contributed by atoms with Gasteiger partial charge in [0.25, 0.3) is 0 Å². The lowest BCUT2D eigenvalue weighted by molar-refractivity contribution is 0.284. The molecule has 0 aliphatic rings. The Morgan fingerprint density at radius 1 is 0.571 bits per heavy atom.